The maximum absolute atomic E-state index is 13.5. The number of anilines is 1. The Hall–Kier alpha value is -1.70. The van der Waals surface area contributed by atoms with Crippen molar-refractivity contribution in [2.45, 2.75) is 6.92 Å². The molecule has 8 heteroatoms. The van der Waals surface area contributed by atoms with Crippen molar-refractivity contribution < 1.29 is 19.2 Å². The number of hydrogen-bond donors (Lipinski definition) is 1. The zero-order valence-electron chi connectivity index (χ0n) is 10.3. The lowest BCUT2D eigenvalue weighted by atomic mass is 10.1. The van der Waals surface area contributed by atoms with E-state index in [-0.39, 0.29) is 22.4 Å². The number of carboxylic acid groups (broad SMARTS) is 1. The van der Waals surface area contributed by atoms with Gasteiger partial charge in [0.2, 0.25) is 0 Å². The normalized spacial score (nSPS) is 12.0. The van der Waals surface area contributed by atoms with Gasteiger partial charge in [0.1, 0.15) is 11.5 Å². The Morgan fingerprint density at radius 2 is 2.21 bits per heavy atom. The van der Waals surface area contributed by atoms with E-state index >= 15 is 0 Å². The van der Waals surface area contributed by atoms with E-state index in [1.807, 2.05) is 0 Å². The van der Waals surface area contributed by atoms with Gasteiger partial charge in [-0.2, -0.15) is 0 Å². The highest BCUT2D eigenvalue weighted by atomic mass is 79.9. The summed E-state index contributed by atoms with van der Waals surface area (Å²) in [7, 11) is 1.48. The first kappa shape index (κ1) is 15.4. The third kappa shape index (κ3) is 3.63. The molecule has 1 N–H and O–H groups in total. The highest BCUT2D eigenvalue weighted by molar-refractivity contribution is 9.10. The van der Waals surface area contributed by atoms with Gasteiger partial charge in [0.15, 0.2) is 0 Å². The van der Waals surface area contributed by atoms with Crippen molar-refractivity contribution in [2.24, 2.45) is 5.92 Å². The molecule has 1 unspecified atom stereocenters. The Balaban J connectivity index is 3.14. The molecule has 0 amide bonds. The first-order valence-electron chi connectivity index (χ1n) is 5.31. The summed E-state index contributed by atoms with van der Waals surface area (Å²) in [4.78, 5) is 22.4. The molecule has 6 nitrogen and oxygen atoms in total. The molecule has 1 aromatic rings. The number of nitro groups is 1. The van der Waals surface area contributed by atoms with Crippen LogP contribution in [0.15, 0.2) is 16.6 Å². The standard InChI is InChI=1S/C11H12BrFN2O4/c1-6(11(16)17)5-14(2)9-4-8(13)7(12)3-10(9)15(18)19/h3-4,6H,5H2,1-2H3,(H,16,17). The smallest absolute Gasteiger partial charge is 0.308 e. The third-order valence-corrected chi connectivity index (χ3v) is 3.20. The second-order valence-electron chi connectivity index (χ2n) is 4.13. The van der Waals surface area contributed by atoms with E-state index in [1.54, 1.807) is 0 Å². The molecular formula is C11H12BrFN2O4. The molecule has 0 aromatic heterocycles. The van der Waals surface area contributed by atoms with E-state index in [0.717, 1.165) is 12.1 Å². The second kappa shape index (κ2) is 5.96. The van der Waals surface area contributed by atoms with Gasteiger partial charge in [-0.05, 0) is 15.9 Å². The summed E-state index contributed by atoms with van der Waals surface area (Å²) in [6.07, 6.45) is 0. The first-order chi connectivity index (χ1) is 8.73. The van der Waals surface area contributed by atoms with Gasteiger partial charge in [0, 0.05) is 25.7 Å². The monoisotopic (exact) mass is 334 g/mol. The van der Waals surface area contributed by atoms with Crippen LogP contribution in [0.1, 0.15) is 6.92 Å². The number of hydrogen-bond acceptors (Lipinski definition) is 4. The quantitative estimate of drug-likeness (QED) is 0.661. The lowest BCUT2D eigenvalue weighted by molar-refractivity contribution is -0.384. The average molecular weight is 335 g/mol. The Kier molecular flexibility index (Phi) is 4.82. The molecule has 0 saturated heterocycles. The summed E-state index contributed by atoms with van der Waals surface area (Å²) < 4.78 is 13.5. The molecule has 0 heterocycles. The molecule has 1 atom stereocenters. The van der Waals surface area contributed by atoms with Gasteiger partial charge in [-0.3, -0.25) is 14.9 Å². The summed E-state index contributed by atoms with van der Waals surface area (Å²) >= 11 is 2.88. The molecule has 0 fully saturated rings. The molecule has 0 aliphatic carbocycles. The zero-order valence-corrected chi connectivity index (χ0v) is 11.8. The summed E-state index contributed by atoms with van der Waals surface area (Å²) in [6, 6.07) is 2.07. The fourth-order valence-corrected chi connectivity index (χ4v) is 1.90. The highest BCUT2D eigenvalue weighted by Crippen LogP contribution is 2.33. The topological polar surface area (TPSA) is 83.7 Å². The molecule has 1 aromatic carbocycles. The van der Waals surface area contributed by atoms with Crippen molar-refractivity contribution >= 4 is 33.3 Å². The van der Waals surface area contributed by atoms with E-state index in [1.165, 1.54) is 18.9 Å². The van der Waals surface area contributed by atoms with Crippen LogP contribution in [0.5, 0.6) is 0 Å². The Morgan fingerprint density at radius 1 is 1.63 bits per heavy atom. The maximum atomic E-state index is 13.5. The molecule has 0 spiro atoms. The van der Waals surface area contributed by atoms with Crippen molar-refractivity contribution in [1.29, 1.82) is 0 Å². The van der Waals surface area contributed by atoms with E-state index in [9.17, 15) is 19.3 Å². The molecular weight excluding hydrogens is 323 g/mol. The Bertz CT molecular complexity index is 524. The number of rotatable bonds is 5. The van der Waals surface area contributed by atoms with Crippen LogP contribution in [-0.4, -0.2) is 29.6 Å². The largest absolute Gasteiger partial charge is 0.481 e. The SMILES string of the molecule is CC(CN(C)c1cc(F)c(Br)cc1[N+](=O)[O-])C(=O)O. The van der Waals surface area contributed by atoms with Crippen molar-refractivity contribution in [3.63, 3.8) is 0 Å². The summed E-state index contributed by atoms with van der Waals surface area (Å²) in [5.41, 5.74) is -0.243. The van der Waals surface area contributed by atoms with Gasteiger partial charge in [0.05, 0.1) is 15.3 Å². The van der Waals surface area contributed by atoms with Crippen LogP contribution in [0.25, 0.3) is 0 Å². The fourth-order valence-electron chi connectivity index (χ4n) is 1.57. The molecule has 0 saturated carbocycles. The predicted molar refractivity (Wildman–Crippen MR) is 70.8 cm³/mol. The second-order valence-corrected chi connectivity index (χ2v) is 4.99. The average Bonchev–Trinajstić information content (AvgIpc) is 2.31. The summed E-state index contributed by atoms with van der Waals surface area (Å²) in [6.45, 7) is 1.51. The summed E-state index contributed by atoms with van der Waals surface area (Å²) in [5.74, 6) is -2.39. The molecule has 104 valence electrons. The van der Waals surface area contributed by atoms with Crippen LogP contribution >= 0.6 is 15.9 Å². The minimum atomic E-state index is -1.02. The predicted octanol–water partition coefficient (Wildman–Crippen LogP) is 2.65. The third-order valence-electron chi connectivity index (χ3n) is 2.59. The number of carboxylic acids is 1. The van der Waals surface area contributed by atoms with Gasteiger partial charge < -0.3 is 10.0 Å². The molecule has 0 radical (unpaired) electrons. The maximum Gasteiger partial charge on any atom is 0.308 e. The number of aliphatic carboxylic acids is 1. The van der Waals surface area contributed by atoms with Crippen LogP contribution in [-0.2, 0) is 4.79 Å². The van der Waals surface area contributed by atoms with Gasteiger partial charge in [-0.15, -0.1) is 0 Å². The van der Waals surface area contributed by atoms with Crippen LogP contribution in [0.2, 0.25) is 0 Å². The number of nitrogens with zero attached hydrogens (tertiary/aromatic N) is 2. The minimum absolute atomic E-state index is 0.0115. The highest BCUT2D eigenvalue weighted by Gasteiger charge is 2.23. The Labute approximate surface area is 117 Å². The van der Waals surface area contributed by atoms with Crippen LogP contribution < -0.4 is 4.90 Å². The minimum Gasteiger partial charge on any atom is -0.481 e. The number of carbonyl (C=O) groups is 1. The van der Waals surface area contributed by atoms with Crippen molar-refractivity contribution in [3.05, 3.63) is 32.5 Å². The first-order valence-corrected chi connectivity index (χ1v) is 6.10. The number of halogens is 2. The van der Waals surface area contributed by atoms with Crippen molar-refractivity contribution in [2.75, 3.05) is 18.5 Å². The van der Waals surface area contributed by atoms with Crippen molar-refractivity contribution in [1.82, 2.24) is 0 Å². The van der Waals surface area contributed by atoms with E-state index in [2.05, 4.69) is 15.9 Å². The number of nitro benzene ring substituents is 1. The van der Waals surface area contributed by atoms with E-state index < -0.39 is 22.6 Å². The van der Waals surface area contributed by atoms with Crippen LogP contribution in [0.4, 0.5) is 15.8 Å². The Morgan fingerprint density at radius 3 is 2.68 bits per heavy atom. The van der Waals surface area contributed by atoms with Crippen molar-refractivity contribution in [3.8, 4) is 0 Å². The molecule has 1 rings (SSSR count). The molecule has 0 bridgehead atoms. The van der Waals surface area contributed by atoms with Gasteiger partial charge in [-0.25, -0.2) is 4.39 Å². The lowest BCUT2D eigenvalue weighted by Crippen LogP contribution is -2.29. The summed E-state index contributed by atoms with van der Waals surface area (Å²) in [5, 5.41) is 19.7. The molecule has 19 heavy (non-hydrogen) atoms. The van der Waals surface area contributed by atoms with Crippen LogP contribution in [0.3, 0.4) is 0 Å². The van der Waals surface area contributed by atoms with Gasteiger partial charge >= 0.3 is 5.97 Å². The van der Waals surface area contributed by atoms with Gasteiger partial charge in [0.25, 0.3) is 5.69 Å². The molecule has 0 aliphatic heterocycles. The number of benzene rings is 1. The fraction of sp³-hybridized carbons (Fsp3) is 0.364. The zero-order chi connectivity index (χ0) is 14.7. The van der Waals surface area contributed by atoms with E-state index in [4.69, 9.17) is 5.11 Å². The lowest BCUT2D eigenvalue weighted by Gasteiger charge is -2.21. The van der Waals surface area contributed by atoms with Gasteiger partial charge in [-0.1, -0.05) is 6.92 Å². The van der Waals surface area contributed by atoms with E-state index in [0.29, 0.717) is 0 Å². The molecule has 0 aliphatic rings. The van der Waals surface area contributed by atoms with Crippen LogP contribution in [0, 0.1) is 21.8 Å².